The molecule has 4 nitrogen and oxygen atoms in total. The molecule has 0 saturated carbocycles. The van der Waals surface area contributed by atoms with Crippen molar-refractivity contribution in [2.75, 3.05) is 0 Å². The van der Waals surface area contributed by atoms with Crippen LogP contribution in [0.2, 0.25) is 0 Å². The average Bonchev–Trinajstić information content (AvgIpc) is 4.09. The quantitative estimate of drug-likeness (QED) is 0.0864. The molecule has 0 fully saturated rings. The fourth-order valence-electron chi connectivity index (χ4n) is 10.4. The molecule has 3 heterocycles. The number of aryl methyl sites for hydroxylation is 1. The van der Waals surface area contributed by atoms with Crippen LogP contribution in [0.5, 0.6) is 0 Å². The molecule has 12 rings (SSSR count). The van der Waals surface area contributed by atoms with Gasteiger partial charge in [0.25, 0.3) is 0 Å². The summed E-state index contributed by atoms with van der Waals surface area (Å²) in [7, 11) is 0. The molecule has 0 amide bonds. The van der Waals surface area contributed by atoms with Crippen LogP contribution in [0.3, 0.4) is 0 Å². The first-order valence-corrected chi connectivity index (χ1v) is 25.4. The molecule has 0 spiro atoms. The molecule has 6 heteroatoms. The largest absolute Gasteiger partial charge is 3.00 e. The molecule has 71 heavy (non-hydrogen) atoms. The molecule has 0 atom stereocenters. The van der Waals surface area contributed by atoms with Gasteiger partial charge in [0.05, 0.1) is 33.7 Å². The fourth-order valence-corrected chi connectivity index (χ4v) is 11.6. The topological polar surface area (TPSA) is 35.8 Å². The van der Waals surface area contributed by atoms with E-state index in [-0.39, 0.29) is 20.1 Å². The zero-order valence-corrected chi connectivity index (χ0v) is 44.6. The zero-order chi connectivity index (χ0) is 50.9. The summed E-state index contributed by atoms with van der Waals surface area (Å²) in [6.07, 6.45) is 0. The van der Waals surface area contributed by atoms with Crippen molar-refractivity contribution in [3.8, 4) is 34.2 Å². The molecule has 0 N–H and O–H groups in total. The Kier molecular flexibility index (Phi) is 12.1. The van der Waals surface area contributed by atoms with Crippen LogP contribution in [0.15, 0.2) is 164 Å². The SMILES string of the molecule is CC(C)c1cccc(C(C)C)c1-n1c(-c2[c-]cccc2)nc2ccccc21.[2H]C([2H])([2H])c1ccc2ccc3cc4c(cc3c2c1)sc1c(-c2[n-]c3ccccc3[n+]2-c2c(C(C)C)cccc2C(C)C)[c-]ccc14.[Ir+3]. The molecular formula is C65H58IrN4S+. The van der Waals surface area contributed by atoms with Crippen molar-refractivity contribution >= 4 is 75.1 Å². The van der Waals surface area contributed by atoms with Gasteiger partial charge in [0, 0.05) is 20.2 Å². The first-order valence-electron chi connectivity index (χ1n) is 26.1. The van der Waals surface area contributed by atoms with Gasteiger partial charge in [0.15, 0.2) is 0 Å². The summed E-state index contributed by atoms with van der Waals surface area (Å²) in [5.41, 5.74) is 14.3. The minimum atomic E-state index is -2.15. The molecule has 9 aromatic carbocycles. The number of hydrogen-bond donors (Lipinski definition) is 0. The van der Waals surface area contributed by atoms with Crippen LogP contribution < -0.4 is 9.55 Å². The summed E-state index contributed by atoms with van der Waals surface area (Å²) >= 11 is 1.76. The van der Waals surface area contributed by atoms with Gasteiger partial charge in [0.2, 0.25) is 0 Å². The number of fused-ring (bicyclic) bond motifs is 8. The molecule has 12 aromatic rings. The third-order valence-electron chi connectivity index (χ3n) is 13.8. The molecule has 352 valence electrons. The summed E-state index contributed by atoms with van der Waals surface area (Å²) in [6, 6.07) is 63.6. The Morgan fingerprint density at radius 1 is 0.592 bits per heavy atom. The van der Waals surface area contributed by atoms with E-state index in [0.29, 0.717) is 29.2 Å². The Hall–Kier alpha value is -6.69. The second-order valence-corrected chi connectivity index (χ2v) is 20.8. The van der Waals surface area contributed by atoms with Crippen LogP contribution in [0, 0.1) is 19.0 Å². The number of benzene rings is 9. The molecule has 0 aliphatic rings. The number of imidazole rings is 2. The third-order valence-corrected chi connectivity index (χ3v) is 15.0. The van der Waals surface area contributed by atoms with Crippen molar-refractivity contribution in [1.82, 2.24) is 14.5 Å². The van der Waals surface area contributed by atoms with Gasteiger partial charge in [0.1, 0.15) is 0 Å². The van der Waals surface area contributed by atoms with E-state index >= 15 is 0 Å². The summed E-state index contributed by atoms with van der Waals surface area (Å²) < 4.78 is 31.0. The number of para-hydroxylation sites is 6. The molecule has 3 aromatic heterocycles. The molecule has 0 radical (unpaired) electrons. The molecule has 0 aliphatic carbocycles. The summed E-state index contributed by atoms with van der Waals surface area (Å²) in [6.45, 7) is 15.9. The standard InChI is InChI=1S/C40H33N2S.C25H25N2.Ir/c1-23(2)28-10-8-11-29(24(3)4)38(28)42-36-15-7-6-14-35(36)41-40(42)31-13-9-12-30-34-21-27-19-18-26-17-16-25(5)20-32(26)33(27)22-37(34)43-39(30)31;1-17(2)20-13-10-14-21(18(3)4)24(20)27-23-16-9-8-15-22(23)26-25(27)19-11-6-5-7-12-19;/h6-12,14-24H,1-5H3;5-11,13-18H,1-4H3;/q2*-1;+3/i5D3;;. The maximum Gasteiger partial charge on any atom is 3.00 e. The van der Waals surface area contributed by atoms with E-state index in [4.69, 9.17) is 14.1 Å². The van der Waals surface area contributed by atoms with E-state index in [1.807, 2.05) is 36.4 Å². The van der Waals surface area contributed by atoms with Crippen molar-refractivity contribution < 1.29 is 28.8 Å². The van der Waals surface area contributed by atoms with Gasteiger partial charge in [-0.15, -0.1) is 54.1 Å². The molecule has 0 saturated heterocycles. The predicted molar refractivity (Wildman–Crippen MR) is 297 cm³/mol. The van der Waals surface area contributed by atoms with Gasteiger partial charge < -0.3 is 9.13 Å². The Balaban J connectivity index is 0.000000191. The van der Waals surface area contributed by atoms with Crippen LogP contribution in [-0.2, 0) is 20.1 Å². The minimum absolute atomic E-state index is 0. The van der Waals surface area contributed by atoms with Gasteiger partial charge >= 0.3 is 20.1 Å². The predicted octanol–water partition coefficient (Wildman–Crippen LogP) is 17.5. The smallest absolute Gasteiger partial charge is 0.333 e. The molecule has 0 aliphatic heterocycles. The Labute approximate surface area is 439 Å². The number of hydrogen-bond acceptors (Lipinski definition) is 2. The van der Waals surface area contributed by atoms with E-state index < -0.39 is 6.85 Å². The minimum Gasteiger partial charge on any atom is -0.333 e. The van der Waals surface area contributed by atoms with E-state index in [9.17, 15) is 0 Å². The van der Waals surface area contributed by atoms with Crippen molar-refractivity contribution in [1.29, 1.82) is 0 Å². The van der Waals surface area contributed by atoms with Gasteiger partial charge in [-0.05, 0) is 121 Å². The van der Waals surface area contributed by atoms with Gasteiger partial charge in [-0.2, -0.15) is 11.3 Å². The number of nitrogens with zero attached hydrogens (tertiary/aromatic N) is 4. The Morgan fingerprint density at radius 2 is 1.24 bits per heavy atom. The second-order valence-electron chi connectivity index (χ2n) is 19.8. The maximum atomic E-state index is 7.98. The summed E-state index contributed by atoms with van der Waals surface area (Å²) in [5.74, 6) is 3.36. The van der Waals surface area contributed by atoms with E-state index in [0.717, 1.165) is 75.8 Å². The van der Waals surface area contributed by atoms with Crippen LogP contribution in [0.4, 0.5) is 0 Å². The summed E-state index contributed by atoms with van der Waals surface area (Å²) in [4.78, 5) is 10.3. The number of aromatic nitrogens is 4. The number of thiophene rings is 1. The Bertz CT molecular complexity index is 3990. The van der Waals surface area contributed by atoms with Crippen molar-refractivity contribution in [3.63, 3.8) is 0 Å². The van der Waals surface area contributed by atoms with Crippen molar-refractivity contribution in [2.45, 2.75) is 85.9 Å². The first kappa shape index (κ1) is 44.3. The average molecular weight is 1120 g/mol. The van der Waals surface area contributed by atoms with Crippen molar-refractivity contribution in [3.05, 3.63) is 204 Å². The van der Waals surface area contributed by atoms with Gasteiger partial charge in [-0.3, -0.25) is 9.97 Å². The van der Waals surface area contributed by atoms with Crippen molar-refractivity contribution in [2.24, 2.45) is 0 Å². The van der Waals surface area contributed by atoms with Gasteiger partial charge in [-0.25, -0.2) is 0 Å². The fraction of sp³-hybridized carbons (Fsp3) is 0.200. The Morgan fingerprint density at radius 3 is 1.94 bits per heavy atom. The molecular weight excluding hydrogens is 1060 g/mol. The van der Waals surface area contributed by atoms with Crippen LogP contribution in [-0.4, -0.2) is 9.55 Å². The third kappa shape index (κ3) is 8.50. The van der Waals surface area contributed by atoms with Crippen LogP contribution >= 0.6 is 11.3 Å². The van der Waals surface area contributed by atoms with E-state index in [1.165, 1.54) is 44.4 Å². The normalized spacial score (nSPS) is 12.6. The summed E-state index contributed by atoms with van der Waals surface area (Å²) in [5, 5.41) is 6.51. The second kappa shape index (κ2) is 19.5. The monoisotopic (exact) mass is 1120 g/mol. The van der Waals surface area contributed by atoms with E-state index in [2.05, 4.69) is 198 Å². The van der Waals surface area contributed by atoms with E-state index in [1.54, 1.807) is 17.4 Å². The van der Waals surface area contributed by atoms with Crippen LogP contribution in [0.25, 0.3) is 97.9 Å². The zero-order valence-electron chi connectivity index (χ0n) is 44.4. The maximum absolute atomic E-state index is 7.98. The number of rotatable bonds is 8. The molecule has 0 unspecified atom stereocenters. The first-order chi connectivity index (χ1) is 35.2. The molecule has 0 bridgehead atoms. The van der Waals surface area contributed by atoms with Gasteiger partial charge in [-0.1, -0.05) is 163 Å². The van der Waals surface area contributed by atoms with Crippen LogP contribution in [0.1, 0.15) is 111 Å².